The summed E-state index contributed by atoms with van der Waals surface area (Å²) in [5.41, 5.74) is 0. The van der Waals surface area contributed by atoms with E-state index in [0.717, 1.165) is 38.6 Å². The van der Waals surface area contributed by atoms with Crippen LogP contribution in [0.3, 0.4) is 0 Å². The highest BCUT2D eigenvalue weighted by Crippen LogP contribution is 2.15. The van der Waals surface area contributed by atoms with Crippen molar-refractivity contribution in [1.29, 1.82) is 0 Å². The van der Waals surface area contributed by atoms with E-state index in [1.54, 1.807) is 7.05 Å². The molecule has 0 radical (unpaired) electrons. The lowest BCUT2D eigenvalue weighted by atomic mass is 9.98. The molecule has 1 unspecified atom stereocenters. The summed E-state index contributed by atoms with van der Waals surface area (Å²) >= 11 is 0. The van der Waals surface area contributed by atoms with E-state index >= 15 is 0 Å². The summed E-state index contributed by atoms with van der Waals surface area (Å²) < 4.78 is 0. The molecule has 0 bridgehead atoms. The number of amides is 1. The molecule has 0 saturated carbocycles. The molecule has 4 nitrogen and oxygen atoms in total. The zero-order valence-corrected chi connectivity index (χ0v) is 11.3. The smallest absolute Gasteiger partial charge is 0.221 e. The van der Waals surface area contributed by atoms with Gasteiger partial charge < -0.3 is 15.5 Å². The number of hydrogen-bond acceptors (Lipinski definition) is 3. The first-order valence-electron chi connectivity index (χ1n) is 6.90. The Balaban J connectivity index is 2.16. The van der Waals surface area contributed by atoms with Crippen LogP contribution >= 0.6 is 0 Å². The lowest BCUT2D eigenvalue weighted by Gasteiger charge is -2.32. The van der Waals surface area contributed by atoms with Gasteiger partial charge in [-0.15, -0.1) is 0 Å². The van der Waals surface area contributed by atoms with Crippen LogP contribution in [0.5, 0.6) is 0 Å². The number of piperidine rings is 1. The van der Waals surface area contributed by atoms with Crippen LogP contribution in [0.2, 0.25) is 0 Å². The van der Waals surface area contributed by atoms with Crippen LogP contribution in [0.15, 0.2) is 0 Å². The van der Waals surface area contributed by atoms with Crippen LogP contribution in [0, 0.1) is 5.92 Å². The zero-order valence-electron chi connectivity index (χ0n) is 11.3. The summed E-state index contributed by atoms with van der Waals surface area (Å²) in [4.78, 5) is 13.6. The van der Waals surface area contributed by atoms with Gasteiger partial charge in [-0.1, -0.05) is 6.92 Å². The second-order valence-corrected chi connectivity index (χ2v) is 4.94. The molecule has 1 aliphatic rings. The molecule has 0 aromatic carbocycles. The number of rotatable bonds is 7. The van der Waals surface area contributed by atoms with E-state index in [4.69, 9.17) is 0 Å². The van der Waals surface area contributed by atoms with E-state index in [2.05, 4.69) is 22.5 Å². The maximum Gasteiger partial charge on any atom is 0.221 e. The average molecular weight is 241 g/mol. The van der Waals surface area contributed by atoms with Crippen molar-refractivity contribution in [2.45, 2.75) is 32.6 Å². The zero-order chi connectivity index (χ0) is 12.5. The lowest BCUT2D eigenvalue weighted by molar-refractivity contribution is -0.121. The van der Waals surface area contributed by atoms with Gasteiger partial charge >= 0.3 is 0 Å². The highest BCUT2D eigenvalue weighted by Gasteiger charge is 2.19. The highest BCUT2D eigenvalue weighted by atomic mass is 16.1. The van der Waals surface area contributed by atoms with Crippen LogP contribution in [0.1, 0.15) is 32.6 Å². The first-order valence-corrected chi connectivity index (χ1v) is 6.90. The SMILES string of the molecule is CCCNCC1CCCN(CCC(=O)NC)C1. The number of likely N-dealkylation sites (tertiary alicyclic amines) is 1. The van der Waals surface area contributed by atoms with Gasteiger partial charge in [0.25, 0.3) is 0 Å². The van der Waals surface area contributed by atoms with Crippen LogP contribution in [-0.2, 0) is 4.79 Å². The Morgan fingerprint density at radius 3 is 3.00 bits per heavy atom. The van der Waals surface area contributed by atoms with Crippen molar-refractivity contribution in [3.8, 4) is 0 Å². The molecule has 1 heterocycles. The largest absolute Gasteiger partial charge is 0.359 e. The van der Waals surface area contributed by atoms with Crippen molar-refractivity contribution >= 4 is 5.91 Å². The molecule has 1 fully saturated rings. The Morgan fingerprint density at radius 2 is 2.29 bits per heavy atom. The van der Waals surface area contributed by atoms with E-state index in [1.807, 2.05) is 0 Å². The maximum atomic E-state index is 11.2. The lowest BCUT2D eigenvalue weighted by Crippen LogP contribution is -2.41. The van der Waals surface area contributed by atoms with E-state index in [9.17, 15) is 4.79 Å². The third kappa shape index (κ3) is 6.03. The molecule has 1 atom stereocenters. The van der Waals surface area contributed by atoms with Crippen molar-refractivity contribution in [2.75, 3.05) is 39.8 Å². The quantitative estimate of drug-likeness (QED) is 0.649. The molecular weight excluding hydrogens is 214 g/mol. The third-order valence-electron chi connectivity index (χ3n) is 3.40. The topological polar surface area (TPSA) is 44.4 Å². The molecule has 2 N–H and O–H groups in total. The monoisotopic (exact) mass is 241 g/mol. The van der Waals surface area contributed by atoms with Crippen molar-refractivity contribution in [3.05, 3.63) is 0 Å². The molecule has 1 saturated heterocycles. The number of carbonyl (C=O) groups is 1. The normalized spacial score (nSPS) is 21.4. The molecule has 1 aliphatic heterocycles. The number of hydrogen-bond donors (Lipinski definition) is 2. The molecule has 4 heteroatoms. The van der Waals surface area contributed by atoms with E-state index in [-0.39, 0.29) is 5.91 Å². The number of nitrogens with one attached hydrogen (secondary N) is 2. The predicted molar refractivity (Wildman–Crippen MR) is 71.0 cm³/mol. The summed E-state index contributed by atoms with van der Waals surface area (Å²) in [5.74, 6) is 0.913. The third-order valence-corrected chi connectivity index (χ3v) is 3.40. The van der Waals surface area contributed by atoms with Gasteiger partial charge in [0, 0.05) is 26.6 Å². The summed E-state index contributed by atoms with van der Waals surface area (Å²) in [5, 5.41) is 6.18. The van der Waals surface area contributed by atoms with Crippen LogP contribution in [0.25, 0.3) is 0 Å². The van der Waals surface area contributed by atoms with Gasteiger partial charge in [-0.3, -0.25) is 4.79 Å². The van der Waals surface area contributed by atoms with Crippen molar-refractivity contribution < 1.29 is 4.79 Å². The summed E-state index contributed by atoms with van der Waals surface area (Å²) in [6.45, 7) is 7.65. The van der Waals surface area contributed by atoms with Crippen LogP contribution < -0.4 is 10.6 Å². The molecule has 17 heavy (non-hydrogen) atoms. The Hall–Kier alpha value is -0.610. The highest BCUT2D eigenvalue weighted by molar-refractivity contribution is 5.75. The molecule has 0 aromatic rings. The van der Waals surface area contributed by atoms with Gasteiger partial charge in [-0.25, -0.2) is 0 Å². The van der Waals surface area contributed by atoms with E-state index in [0.29, 0.717) is 6.42 Å². The van der Waals surface area contributed by atoms with Crippen molar-refractivity contribution in [1.82, 2.24) is 15.5 Å². The van der Waals surface area contributed by atoms with Crippen molar-refractivity contribution in [3.63, 3.8) is 0 Å². The summed E-state index contributed by atoms with van der Waals surface area (Å²) in [6.07, 6.45) is 4.43. The fourth-order valence-corrected chi connectivity index (χ4v) is 2.39. The van der Waals surface area contributed by atoms with Gasteiger partial charge in [-0.2, -0.15) is 0 Å². The second kappa shape index (κ2) is 8.48. The standard InChI is InChI=1S/C13H27N3O/c1-3-7-15-10-12-5-4-8-16(11-12)9-6-13(17)14-2/h12,15H,3-11H2,1-2H3,(H,14,17). The first kappa shape index (κ1) is 14.5. The van der Waals surface area contributed by atoms with Crippen LogP contribution in [-0.4, -0.2) is 50.6 Å². The van der Waals surface area contributed by atoms with Gasteiger partial charge in [0.05, 0.1) is 0 Å². The molecule has 0 aliphatic carbocycles. The van der Waals surface area contributed by atoms with Crippen molar-refractivity contribution in [2.24, 2.45) is 5.92 Å². The Kier molecular flexibility index (Phi) is 7.21. The fourth-order valence-electron chi connectivity index (χ4n) is 2.39. The predicted octanol–water partition coefficient (Wildman–Crippen LogP) is 0.834. The summed E-state index contributed by atoms with van der Waals surface area (Å²) in [7, 11) is 1.70. The maximum absolute atomic E-state index is 11.2. The number of carbonyl (C=O) groups excluding carboxylic acids is 1. The first-order chi connectivity index (χ1) is 8.26. The Morgan fingerprint density at radius 1 is 1.47 bits per heavy atom. The van der Waals surface area contributed by atoms with Gasteiger partial charge in [0.1, 0.15) is 0 Å². The van der Waals surface area contributed by atoms with Gasteiger partial charge in [0.15, 0.2) is 0 Å². The molecular formula is C13H27N3O. The average Bonchev–Trinajstić information content (AvgIpc) is 2.37. The van der Waals surface area contributed by atoms with Crippen LogP contribution in [0.4, 0.5) is 0 Å². The molecule has 1 amide bonds. The molecule has 0 spiro atoms. The molecule has 0 aromatic heterocycles. The fraction of sp³-hybridized carbons (Fsp3) is 0.923. The second-order valence-electron chi connectivity index (χ2n) is 4.94. The molecule has 1 rings (SSSR count). The van der Waals surface area contributed by atoms with E-state index in [1.165, 1.54) is 19.3 Å². The minimum atomic E-state index is 0.149. The minimum Gasteiger partial charge on any atom is -0.359 e. The van der Waals surface area contributed by atoms with E-state index < -0.39 is 0 Å². The Labute approximate surface area is 105 Å². The summed E-state index contributed by atoms with van der Waals surface area (Å²) in [6, 6.07) is 0. The Bertz CT molecular complexity index is 221. The minimum absolute atomic E-state index is 0.149. The number of nitrogens with zero attached hydrogens (tertiary/aromatic N) is 1. The van der Waals surface area contributed by atoms with Gasteiger partial charge in [0.2, 0.25) is 5.91 Å². The van der Waals surface area contributed by atoms with Gasteiger partial charge in [-0.05, 0) is 44.8 Å². The molecule has 100 valence electrons.